The Hall–Kier alpha value is -2.94. The highest BCUT2D eigenvalue weighted by Crippen LogP contribution is 2.42. The molecule has 6 nitrogen and oxygen atoms in total. The predicted molar refractivity (Wildman–Crippen MR) is 90.9 cm³/mol. The largest absolute Gasteiger partial charge is 0.466 e. The molecule has 1 saturated heterocycles. The summed E-state index contributed by atoms with van der Waals surface area (Å²) in [4.78, 5) is 37.8. The van der Waals surface area contributed by atoms with E-state index in [-0.39, 0.29) is 11.3 Å². The summed E-state index contributed by atoms with van der Waals surface area (Å²) in [6.45, 7) is 1.38. The van der Waals surface area contributed by atoms with Gasteiger partial charge in [-0.05, 0) is 18.6 Å². The number of carbonyl (C=O) groups excluding carboxylic acids is 3. The van der Waals surface area contributed by atoms with E-state index in [0.29, 0.717) is 0 Å². The monoisotopic (exact) mass is 395 g/mol. The van der Waals surface area contributed by atoms with Crippen molar-refractivity contribution in [3.63, 3.8) is 0 Å². The van der Waals surface area contributed by atoms with Gasteiger partial charge in [0.15, 0.2) is 0 Å². The fraction of sp³-hybridized carbons (Fsp3) is 0.316. The first-order valence-electron chi connectivity index (χ1n) is 8.25. The van der Waals surface area contributed by atoms with Gasteiger partial charge in [0.1, 0.15) is 0 Å². The van der Waals surface area contributed by atoms with Crippen molar-refractivity contribution in [3.8, 4) is 0 Å². The molecule has 3 atom stereocenters. The summed E-state index contributed by atoms with van der Waals surface area (Å²) in [5, 5.41) is 10.1. The zero-order valence-electron chi connectivity index (χ0n) is 14.9. The minimum Gasteiger partial charge on any atom is -0.466 e. The second-order valence-corrected chi connectivity index (χ2v) is 6.53. The van der Waals surface area contributed by atoms with E-state index in [1.165, 1.54) is 6.92 Å². The molecule has 1 N–H and O–H groups in total. The van der Waals surface area contributed by atoms with Crippen LogP contribution >= 0.6 is 0 Å². The third-order valence-electron chi connectivity index (χ3n) is 4.89. The number of carbonyl (C=O) groups is 3. The van der Waals surface area contributed by atoms with Crippen LogP contribution in [0.5, 0.6) is 0 Å². The molecule has 1 fully saturated rings. The van der Waals surface area contributed by atoms with Crippen molar-refractivity contribution in [3.05, 3.63) is 53.6 Å². The molecule has 0 bridgehead atoms. The smallest absolute Gasteiger partial charge is 0.432 e. The van der Waals surface area contributed by atoms with Crippen LogP contribution in [0.4, 0.5) is 18.9 Å². The predicted octanol–water partition coefficient (Wildman–Crippen LogP) is 2.15. The van der Waals surface area contributed by atoms with Crippen molar-refractivity contribution in [2.45, 2.75) is 18.7 Å². The Morgan fingerprint density at radius 1 is 1.11 bits per heavy atom. The Morgan fingerprint density at radius 3 is 2.07 bits per heavy atom. The van der Waals surface area contributed by atoms with E-state index in [0.717, 1.165) is 30.2 Å². The molecule has 2 aliphatic rings. The van der Waals surface area contributed by atoms with Crippen LogP contribution in [0.3, 0.4) is 0 Å². The van der Waals surface area contributed by atoms with E-state index < -0.39 is 47.0 Å². The molecule has 0 unspecified atom stereocenters. The maximum Gasteiger partial charge on any atom is 0.432 e. The highest BCUT2D eigenvalue weighted by Gasteiger charge is 2.62. The first-order chi connectivity index (χ1) is 13.0. The van der Waals surface area contributed by atoms with Crippen LogP contribution in [0.25, 0.3) is 0 Å². The molecule has 0 spiro atoms. The fourth-order valence-corrected chi connectivity index (χ4v) is 3.40. The zero-order valence-corrected chi connectivity index (χ0v) is 14.9. The van der Waals surface area contributed by atoms with Gasteiger partial charge in [0.25, 0.3) is 5.60 Å². The molecular weight excluding hydrogens is 379 g/mol. The first-order valence-corrected chi connectivity index (χ1v) is 8.25. The van der Waals surface area contributed by atoms with Crippen LogP contribution < -0.4 is 4.90 Å². The summed E-state index contributed by atoms with van der Waals surface area (Å²) >= 11 is 0. The Balaban J connectivity index is 2.05. The van der Waals surface area contributed by atoms with Gasteiger partial charge in [0.2, 0.25) is 11.8 Å². The lowest BCUT2D eigenvalue weighted by Crippen LogP contribution is -2.50. The van der Waals surface area contributed by atoms with Gasteiger partial charge < -0.3 is 9.84 Å². The summed E-state index contributed by atoms with van der Waals surface area (Å²) in [6.07, 6.45) is 1.14. The van der Waals surface area contributed by atoms with E-state index in [4.69, 9.17) is 0 Å². The van der Waals surface area contributed by atoms with Crippen LogP contribution in [-0.2, 0) is 24.7 Å². The molecule has 0 aromatic heterocycles. The first kappa shape index (κ1) is 19.8. The number of nitrogens with zero attached hydrogens (tertiary/aromatic N) is 1. The normalized spacial score (nSPS) is 23.6. The van der Waals surface area contributed by atoms with E-state index in [9.17, 15) is 32.7 Å². The molecule has 1 aliphatic carbocycles. The highest BCUT2D eigenvalue weighted by atomic mass is 19.4. The van der Waals surface area contributed by atoms with Gasteiger partial charge in [0, 0.05) is 5.56 Å². The number of imide groups is 1. The number of hydrogen-bond donors (Lipinski definition) is 1. The van der Waals surface area contributed by atoms with E-state index in [1.807, 2.05) is 0 Å². The minimum absolute atomic E-state index is 0.0874. The van der Waals surface area contributed by atoms with Crippen molar-refractivity contribution in [1.82, 2.24) is 0 Å². The molecule has 1 heterocycles. The lowest BCUT2D eigenvalue weighted by atomic mass is 9.91. The molecule has 0 radical (unpaired) electrons. The number of amides is 2. The standard InChI is InChI=1S/C19H16F3NO5/c1-10-9-11(18(27,17(26)28-2)19(20,21)22)7-8-14(10)23-15(24)12-5-3-4-6-13(12)16(23)25/h3-9,12-13,27H,1-2H3/t12-,13-,18+/m0/s1. The Kier molecular flexibility index (Phi) is 4.66. The number of allylic oxidation sites excluding steroid dienone is 2. The summed E-state index contributed by atoms with van der Waals surface area (Å²) in [7, 11) is 0.727. The van der Waals surface area contributed by atoms with Crippen molar-refractivity contribution in [2.75, 3.05) is 12.0 Å². The van der Waals surface area contributed by atoms with Gasteiger partial charge in [-0.25, -0.2) is 9.69 Å². The third-order valence-corrected chi connectivity index (χ3v) is 4.89. The number of benzene rings is 1. The number of hydrogen-bond acceptors (Lipinski definition) is 5. The summed E-state index contributed by atoms with van der Waals surface area (Å²) in [5.41, 5.74) is -4.45. The second-order valence-electron chi connectivity index (χ2n) is 6.53. The van der Waals surface area contributed by atoms with Gasteiger partial charge in [-0.2, -0.15) is 13.2 Å². The number of aliphatic hydroxyl groups is 1. The zero-order chi connectivity index (χ0) is 20.9. The van der Waals surface area contributed by atoms with Crippen molar-refractivity contribution >= 4 is 23.5 Å². The number of ether oxygens (including phenoxy) is 1. The molecule has 2 amide bonds. The van der Waals surface area contributed by atoms with Crippen LogP contribution in [0.15, 0.2) is 42.5 Å². The average Bonchev–Trinajstić information content (AvgIpc) is 2.90. The molecule has 28 heavy (non-hydrogen) atoms. The lowest BCUT2D eigenvalue weighted by Gasteiger charge is -2.29. The van der Waals surface area contributed by atoms with Crippen molar-refractivity contribution in [2.24, 2.45) is 11.8 Å². The van der Waals surface area contributed by atoms with Crippen LogP contribution in [0.2, 0.25) is 0 Å². The summed E-state index contributed by atoms with van der Waals surface area (Å²) in [6, 6.07) is 2.86. The van der Waals surface area contributed by atoms with Crippen LogP contribution in [0, 0.1) is 18.8 Å². The molecular formula is C19H16F3NO5. The third kappa shape index (κ3) is 2.73. The van der Waals surface area contributed by atoms with Gasteiger partial charge in [-0.15, -0.1) is 0 Å². The van der Waals surface area contributed by atoms with Gasteiger partial charge in [-0.1, -0.05) is 36.4 Å². The molecule has 9 heteroatoms. The maximum absolute atomic E-state index is 13.4. The van der Waals surface area contributed by atoms with E-state index in [2.05, 4.69) is 4.74 Å². The van der Waals surface area contributed by atoms with Gasteiger partial charge >= 0.3 is 12.1 Å². The Morgan fingerprint density at radius 2 is 1.64 bits per heavy atom. The molecule has 148 valence electrons. The molecule has 1 aromatic carbocycles. The average molecular weight is 395 g/mol. The quantitative estimate of drug-likeness (QED) is 0.626. The Bertz CT molecular complexity index is 891. The Labute approximate surface area is 157 Å². The number of alkyl halides is 3. The van der Waals surface area contributed by atoms with Crippen LogP contribution in [0.1, 0.15) is 11.1 Å². The summed E-state index contributed by atoms with van der Waals surface area (Å²) in [5.74, 6) is -4.21. The molecule has 1 aromatic rings. The topological polar surface area (TPSA) is 83.9 Å². The number of fused-ring (bicyclic) bond motifs is 1. The number of halogens is 3. The lowest BCUT2D eigenvalue weighted by molar-refractivity contribution is -0.266. The van der Waals surface area contributed by atoms with Crippen LogP contribution in [-0.4, -0.2) is 36.2 Å². The number of rotatable bonds is 3. The maximum atomic E-state index is 13.4. The number of esters is 1. The summed E-state index contributed by atoms with van der Waals surface area (Å²) < 4.78 is 44.3. The number of aryl methyl sites for hydroxylation is 1. The van der Waals surface area contributed by atoms with Gasteiger partial charge in [-0.3, -0.25) is 9.59 Å². The van der Waals surface area contributed by atoms with Crippen molar-refractivity contribution in [1.29, 1.82) is 0 Å². The number of methoxy groups -OCH3 is 1. The van der Waals surface area contributed by atoms with E-state index in [1.54, 1.807) is 24.3 Å². The fourth-order valence-electron chi connectivity index (χ4n) is 3.40. The molecule has 3 rings (SSSR count). The SMILES string of the molecule is COC(=O)[C@](O)(c1ccc(N2C(=O)[C@H]3C=CC=C[C@@H]3C2=O)c(C)c1)C(F)(F)F. The highest BCUT2D eigenvalue weighted by molar-refractivity contribution is 6.23. The molecule has 0 saturated carbocycles. The van der Waals surface area contributed by atoms with E-state index >= 15 is 0 Å². The second kappa shape index (κ2) is 6.59. The molecule has 1 aliphatic heterocycles. The minimum atomic E-state index is -5.34. The van der Waals surface area contributed by atoms with Crippen molar-refractivity contribution < 1.29 is 37.4 Å². The van der Waals surface area contributed by atoms with Gasteiger partial charge in [0.05, 0.1) is 24.6 Å². The number of anilines is 1.